The second-order valence-electron chi connectivity index (χ2n) is 4.14. The lowest BCUT2D eigenvalue weighted by molar-refractivity contribution is -0.141. The number of aliphatic hydroxyl groups is 1. The molecule has 0 bridgehead atoms. The van der Waals surface area contributed by atoms with Gasteiger partial charge in [0.2, 0.25) is 11.8 Å². The Bertz CT molecular complexity index is 268. The summed E-state index contributed by atoms with van der Waals surface area (Å²) in [6.45, 7) is 1.90. The molecular weight excluding hydrogens is 196 g/mol. The van der Waals surface area contributed by atoms with E-state index in [0.717, 1.165) is 12.8 Å². The molecule has 84 valence electrons. The molecule has 1 aliphatic carbocycles. The average molecular weight is 212 g/mol. The molecule has 0 aromatic carbocycles. The summed E-state index contributed by atoms with van der Waals surface area (Å²) in [6.07, 6.45) is 2.04. The van der Waals surface area contributed by atoms with Crippen LogP contribution in [0.5, 0.6) is 0 Å². The maximum Gasteiger partial charge on any atom is 0.248 e. The van der Waals surface area contributed by atoms with E-state index in [1.807, 2.05) is 4.90 Å². The van der Waals surface area contributed by atoms with Crippen LogP contribution in [0.25, 0.3) is 0 Å². The number of carbonyl (C=O) groups excluding carboxylic acids is 2. The Morgan fingerprint density at radius 3 is 2.07 bits per heavy atom. The van der Waals surface area contributed by atoms with Crippen molar-refractivity contribution in [2.24, 2.45) is 5.92 Å². The standard InChI is InChI=1S/C10H16N2O3/c13-7-9(14)11-3-5-12(6-4-11)10(15)8-1-2-8/h8,13H,1-7H2. The minimum absolute atomic E-state index is 0.242. The Morgan fingerprint density at radius 2 is 1.60 bits per heavy atom. The van der Waals surface area contributed by atoms with Crippen LogP contribution in [0.2, 0.25) is 0 Å². The molecule has 5 nitrogen and oxygen atoms in total. The number of hydrogen-bond donors (Lipinski definition) is 1. The third-order valence-electron chi connectivity index (χ3n) is 3.01. The summed E-state index contributed by atoms with van der Waals surface area (Å²) < 4.78 is 0. The molecule has 2 amide bonds. The fourth-order valence-corrected chi connectivity index (χ4v) is 1.86. The third-order valence-corrected chi connectivity index (χ3v) is 3.01. The van der Waals surface area contributed by atoms with E-state index in [-0.39, 0.29) is 17.7 Å². The highest BCUT2D eigenvalue weighted by Gasteiger charge is 2.34. The first kappa shape index (κ1) is 10.4. The Morgan fingerprint density at radius 1 is 1.07 bits per heavy atom. The Balaban J connectivity index is 1.81. The summed E-state index contributed by atoms with van der Waals surface area (Å²) in [5.41, 5.74) is 0. The molecule has 2 rings (SSSR count). The molecular formula is C10H16N2O3. The quantitative estimate of drug-likeness (QED) is 0.642. The van der Waals surface area contributed by atoms with Gasteiger partial charge in [0.05, 0.1) is 0 Å². The summed E-state index contributed by atoms with van der Waals surface area (Å²) >= 11 is 0. The second-order valence-corrected chi connectivity index (χ2v) is 4.14. The van der Waals surface area contributed by atoms with E-state index < -0.39 is 6.61 Å². The minimum atomic E-state index is -0.434. The van der Waals surface area contributed by atoms with Crippen molar-refractivity contribution in [3.05, 3.63) is 0 Å². The number of piperazine rings is 1. The highest BCUT2D eigenvalue weighted by atomic mass is 16.3. The van der Waals surface area contributed by atoms with Crippen LogP contribution in [0.15, 0.2) is 0 Å². The summed E-state index contributed by atoms with van der Waals surface area (Å²) in [5.74, 6) is 0.254. The normalized spacial score (nSPS) is 21.7. The van der Waals surface area contributed by atoms with Crippen molar-refractivity contribution in [3.63, 3.8) is 0 Å². The smallest absolute Gasteiger partial charge is 0.248 e. The van der Waals surface area contributed by atoms with Gasteiger partial charge in [-0.25, -0.2) is 0 Å². The predicted octanol–water partition coefficient (Wildman–Crippen LogP) is -0.940. The van der Waals surface area contributed by atoms with Crippen LogP contribution in [-0.2, 0) is 9.59 Å². The van der Waals surface area contributed by atoms with E-state index in [1.165, 1.54) is 0 Å². The van der Waals surface area contributed by atoms with Crippen molar-refractivity contribution in [2.75, 3.05) is 32.8 Å². The van der Waals surface area contributed by atoms with Gasteiger partial charge in [-0.15, -0.1) is 0 Å². The van der Waals surface area contributed by atoms with Gasteiger partial charge in [-0.05, 0) is 12.8 Å². The van der Waals surface area contributed by atoms with Gasteiger partial charge in [0.25, 0.3) is 0 Å². The highest BCUT2D eigenvalue weighted by molar-refractivity contribution is 5.82. The monoisotopic (exact) mass is 212 g/mol. The number of carbonyl (C=O) groups is 2. The van der Waals surface area contributed by atoms with Gasteiger partial charge in [0.15, 0.2) is 0 Å². The lowest BCUT2D eigenvalue weighted by Gasteiger charge is -2.34. The number of amides is 2. The molecule has 5 heteroatoms. The predicted molar refractivity (Wildman–Crippen MR) is 53.0 cm³/mol. The van der Waals surface area contributed by atoms with E-state index in [0.29, 0.717) is 26.2 Å². The molecule has 1 saturated heterocycles. The molecule has 0 atom stereocenters. The highest BCUT2D eigenvalue weighted by Crippen LogP contribution is 2.31. The summed E-state index contributed by atoms with van der Waals surface area (Å²) in [6, 6.07) is 0. The number of nitrogens with zero attached hydrogens (tertiary/aromatic N) is 2. The Kier molecular flexibility index (Phi) is 2.90. The fraction of sp³-hybridized carbons (Fsp3) is 0.800. The summed E-state index contributed by atoms with van der Waals surface area (Å²) in [5, 5.41) is 8.69. The zero-order valence-corrected chi connectivity index (χ0v) is 8.69. The van der Waals surface area contributed by atoms with E-state index in [4.69, 9.17) is 5.11 Å². The lowest BCUT2D eigenvalue weighted by atomic mass is 10.2. The Hall–Kier alpha value is -1.10. The molecule has 1 saturated carbocycles. The molecule has 15 heavy (non-hydrogen) atoms. The molecule has 0 unspecified atom stereocenters. The van der Waals surface area contributed by atoms with Gasteiger partial charge >= 0.3 is 0 Å². The molecule has 1 heterocycles. The van der Waals surface area contributed by atoms with Crippen molar-refractivity contribution >= 4 is 11.8 Å². The maximum atomic E-state index is 11.7. The first-order chi connectivity index (χ1) is 7.22. The van der Waals surface area contributed by atoms with Crippen LogP contribution in [-0.4, -0.2) is 59.5 Å². The van der Waals surface area contributed by atoms with Gasteiger partial charge in [0.1, 0.15) is 6.61 Å². The SMILES string of the molecule is O=C(CO)N1CCN(C(=O)C2CC2)CC1. The number of hydrogen-bond acceptors (Lipinski definition) is 3. The molecule has 0 aromatic heterocycles. The van der Waals surface area contributed by atoms with Gasteiger partial charge in [-0.2, -0.15) is 0 Å². The van der Waals surface area contributed by atoms with Crippen LogP contribution in [0.1, 0.15) is 12.8 Å². The van der Waals surface area contributed by atoms with E-state index in [1.54, 1.807) is 4.90 Å². The molecule has 0 aromatic rings. The van der Waals surface area contributed by atoms with Crippen LogP contribution in [0, 0.1) is 5.92 Å². The average Bonchev–Trinajstić information content (AvgIpc) is 3.11. The Labute approximate surface area is 88.6 Å². The first-order valence-corrected chi connectivity index (χ1v) is 5.40. The molecule has 2 fully saturated rings. The summed E-state index contributed by atoms with van der Waals surface area (Å²) in [7, 11) is 0. The zero-order chi connectivity index (χ0) is 10.8. The van der Waals surface area contributed by atoms with Crippen LogP contribution in [0.4, 0.5) is 0 Å². The van der Waals surface area contributed by atoms with Gasteiger partial charge in [-0.3, -0.25) is 9.59 Å². The number of rotatable bonds is 2. The van der Waals surface area contributed by atoms with Gasteiger partial charge in [0, 0.05) is 32.1 Å². The van der Waals surface area contributed by atoms with Crippen molar-refractivity contribution in [1.29, 1.82) is 0 Å². The van der Waals surface area contributed by atoms with Gasteiger partial charge in [-0.1, -0.05) is 0 Å². The molecule has 2 aliphatic rings. The van der Waals surface area contributed by atoms with Crippen LogP contribution in [0.3, 0.4) is 0 Å². The topological polar surface area (TPSA) is 60.9 Å². The van der Waals surface area contributed by atoms with Gasteiger partial charge < -0.3 is 14.9 Å². The third kappa shape index (κ3) is 2.28. The summed E-state index contributed by atoms with van der Waals surface area (Å²) in [4.78, 5) is 26.3. The molecule has 0 spiro atoms. The lowest BCUT2D eigenvalue weighted by Crippen LogP contribution is -2.51. The van der Waals surface area contributed by atoms with Crippen molar-refractivity contribution in [3.8, 4) is 0 Å². The van der Waals surface area contributed by atoms with E-state index in [9.17, 15) is 9.59 Å². The van der Waals surface area contributed by atoms with Crippen molar-refractivity contribution in [1.82, 2.24) is 9.80 Å². The van der Waals surface area contributed by atoms with E-state index >= 15 is 0 Å². The van der Waals surface area contributed by atoms with E-state index in [2.05, 4.69) is 0 Å². The minimum Gasteiger partial charge on any atom is -0.387 e. The van der Waals surface area contributed by atoms with Crippen LogP contribution < -0.4 is 0 Å². The first-order valence-electron chi connectivity index (χ1n) is 5.40. The van der Waals surface area contributed by atoms with Crippen molar-refractivity contribution < 1.29 is 14.7 Å². The maximum absolute atomic E-state index is 11.7. The largest absolute Gasteiger partial charge is 0.387 e. The van der Waals surface area contributed by atoms with Crippen LogP contribution >= 0.6 is 0 Å². The molecule has 1 N–H and O–H groups in total. The zero-order valence-electron chi connectivity index (χ0n) is 8.69. The van der Waals surface area contributed by atoms with Crippen molar-refractivity contribution in [2.45, 2.75) is 12.8 Å². The molecule has 0 radical (unpaired) electrons. The second kappa shape index (κ2) is 4.18. The fourth-order valence-electron chi connectivity index (χ4n) is 1.86. The number of aliphatic hydroxyl groups excluding tert-OH is 1. The molecule has 1 aliphatic heterocycles.